The third-order valence-electron chi connectivity index (χ3n) is 22.2. The Labute approximate surface area is 769 Å². The molecule has 3 fully saturated rings. The maximum Gasteiger partial charge on any atom is 0.418 e. The highest BCUT2D eigenvalue weighted by Gasteiger charge is 2.36. The van der Waals surface area contributed by atoms with Crippen LogP contribution in [0.25, 0.3) is 0 Å². The van der Waals surface area contributed by atoms with E-state index in [0.29, 0.717) is 45.6 Å². The van der Waals surface area contributed by atoms with Crippen molar-refractivity contribution < 1.29 is 77.4 Å². The number of aromatic carboxylic acids is 2. The SMILES string of the molecule is CCC1(c2cccc(O)c2)CCCCN(C)C1.CCC1(c2cccc(OC(=O)Nc3ccc(C(=O)O)cn3)c2)CCCCN(C)C1.CCC1(c2cccc(OC(=O)Nc3ccc(C(=O)OCc4ccccc4)cn3)c2)CCCCN(C)C1.Cl.Cl.Nc1ccc(C(=O)O)cn1.Nc1ccc(C(=O)OCc2ccccc2)cn1.O=C=Nc1ccc(C(=O)OCc2ccccc2)cn1. The van der Waals surface area contributed by atoms with Gasteiger partial charge < -0.3 is 65.2 Å². The van der Waals surface area contributed by atoms with Crippen LogP contribution >= 0.6 is 24.8 Å². The lowest BCUT2D eigenvalue weighted by Crippen LogP contribution is -2.37. The number of amides is 2. The van der Waals surface area contributed by atoms with Crippen molar-refractivity contribution in [1.29, 1.82) is 0 Å². The van der Waals surface area contributed by atoms with E-state index in [9.17, 15) is 43.5 Å². The van der Waals surface area contributed by atoms with E-state index in [2.05, 4.69) is 115 Å². The molecule has 29 nitrogen and oxygen atoms in total. The van der Waals surface area contributed by atoms with Gasteiger partial charge in [0.1, 0.15) is 60.3 Å². The van der Waals surface area contributed by atoms with Crippen molar-refractivity contribution in [2.24, 2.45) is 4.99 Å². The van der Waals surface area contributed by atoms with Crippen LogP contribution in [-0.2, 0) is 55.1 Å². The van der Waals surface area contributed by atoms with Crippen molar-refractivity contribution in [3.63, 3.8) is 0 Å². The number of rotatable bonds is 22. The van der Waals surface area contributed by atoms with Crippen LogP contribution < -0.4 is 31.6 Å². The van der Waals surface area contributed by atoms with E-state index >= 15 is 0 Å². The fraction of sp³-hybridized carbons (Fsp3) is 0.303. The molecular formula is C99H113Cl2N13O16. The Morgan fingerprint density at radius 1 is 0.408 bits per heavy atom. The zero-order chi connectivity index (χ0) is 91.7. The van der Waals surface area contributed by atoms with Crippen molar-refractivity contribution in [3.05, 3.63) is 317 Å². The summed E-state index contributed by atoms with van der Waals surface area (Å²) < 4.78 is 26.6. The highest BCUT2D eigenvalue weighted by atomic mass is 35.5. The number of nitrogens with two attached hydrogens (primary N) is 2. The van der Waals surface area contributed by atoms with Crippen molar-refractivity contribution in [2.75, 3.05) is 82.5 Å². The minimum Gasteiger partial charge on any atom is -0.508 e. The normalized spacial score (nSPS) is 16.4. The van der Waals surface area contributed by atoms with E-state index in [1.54, 1.807) is 42.5 Å². The molecule has 9 N–H and O–H groups in total. The smallest absolute Gasteiger partial charge is 0.418 e. The summed E-state index contributed by atoms with van der Waals surface area (Å²) in [5.74, 6) is -0.646. The summed E-state index contributed by atoms with van der Waals surface area (Å²) in [5.41, 5.74) is 18.6. The Bertz CT molecular complexity index is 5430. The van der Waals surface area contributed by atoms with E-state index < -0.39 is 42.0 Å². The van der Waals surface area contributed by atoms with Gasteiger partial charge in [0, 0.05) is 66.9 Å². The molecule has 130 heavy (non-hydrogen) atoms. The Morgan fingerprint density at radius 2 is 0.738 bits per heavy atom. The lowest BCUT2D eigenvalue weighted by atomic mass is 9.74. The van der Waals surface area contributed by atoms with Crippen LogP contribution in [-0.4, -0.2) is 163 Å². The third-order valence-corrected chi connectivity index (χ3v) is 22.2. The molecule has 0 radical (unpaired) electrons. The molecule has 6 aromatic carbocycles. The number of aliphatic imine (C=N–C) groups is 1. The molecule has 8 heterocycles. The van der Waals surface area contributed by atoms with Gasteiger partial charge in [0.05, 0.1) is 27.8 Å². The van der Waals surface area contributed by atoms with Crippen LogP contribution in [0.4, 0.5) is 38.7 Å². The van der Waals surface area contributed by atoms with Gasteiger partial charge in [-0.25, -0.2) is 63.3 Å². The number of esters is 3. The molecule has 2 amide bonds. The summed E-state index contributed by atoms with van der Waals surface area (Å²) in [5, 5.41) is 32.1. The molecule has 3 saturated heterocycles. The Morgan fingerprint density at radius 3 is 1.05 bits per heavy atom. The largest absolute Gasteiger partial charge is 0.508 e. The number of halogens is 2. The number of likely N-dealkylation sites (N-methyl/N-ethyl adjacent to an activating group) is 3. The standard InChI is InChI=1S/C29H33N3O4.C22H27N3O4.C15H23NO.C14H10N2O3.C13H12N2O2.C6H6N2O2.2ClH/c1-3-29(16-7-8-17-32(2)21-29)24-12-9-13-25(18-24)36-28(34)31-26-15-14-23(19-30-26)27(33)35-20-22-10-5-4-6-11-22;1-3-22(11-4-5-12-25(2)15-22)17-7-6-8-18(13-17)29-21(28)24-19-10-9-16(14-23-19)20(26)27;1-3-15(9-4-5-10-16(2)12-15)13-7-6-8-14(17)11-13;17-10-16-13-7-6-12(8-15-13)14(18)19-9-11-4-2-1-3-5-11;14-12-7-6-11(8-15-12)13(16)17-9-10-4-2-1-3-5-10;7-5-2-1-4(3-8-5)6(9)10;;/h4-6,9-15,18-19H,3,7-8,16-17,20-21H2,1-2H3,(H,30,31,34);6-10,13-14H,3-5,11-12,15H2,1-2H3,(H,26,27)(H,23,24,28);6-8,11,17H,3-5,9-10,12H2,1-2H3;1-8H,9H2;1-8H,9H2,(H2,14,15);1-3H,(H2,7,8)(H,9,10);2*1H. The van der Waals surface area contributed by atoms with Gasteiger partial charge in [-0.15, -0.1) is 29.8 Å². The second kappa shape index (κ2) is 53.1. The van der Waals surface area contributed by atoms with Crippen molar-refractivity contribution >= 4 is 102 Å². The highest BCUT2D eigenvalue weighted by Crippen LogP contribution is 2.41. The van der Waals surface area contributed by atoms with Gasteiger partial charge in [-0.3, -0.25) is 10.6 Å². The van der Waals surface area contributed by atoms with Gasteiger partial charge in [0.2, 0.25) is 6.08 Å². The molecule has 0 saturated carbocycles. The molecule has 14 rings (SSSR count). The molecule has 0 aliphatic carbocycles. The first-order chi connectivity index (χ1) is 61.8. The average molecular weight is 1810 g/mol. The number of nitrogens with one attached hydrogen (secondary N) is 2. The Hall–Kier alpha value is -13.8. The van der Waals surface area contributed by atoms with Crippen molar-refractivity contribution in [1.82, 2.24) is 39.6 Å². The van der Waals surface area contributed by atoms with Crippen LogP contribution in [0.15, 0.2) is 260 Å². The maximum atomic E-state index is 12.5. The van der Waals surface area contributed by atoms with Crippen LogP contribution in [0.5, 0.6) is 17.2 Å². The van der Waals surface area contributed by atoms with E-state index in [-0.39, 0.29) is 89.5 Å². The molecule has 0 spiro atoms. The average Bonchev–Trinajstić information content (AvgIpc) is 1.41. The predicted octanol–water partition coefficient (Wildman–Crippen LogP) is 18.8. The highest BCUT2D eigenvalue weighted by molar-refractivity contribution is 5.92. The summed E-state index contributed by atoms with van der Waals surface area (Å²) in [6.45, 7) is 13.8. The lowest BCUT2D eigenvalue weighted by Gasteiger charge is -2.35. The van der Waals surface area contributed by atoms with Gasteiger partial charge in [0.15, 0.2) is 5.82 Å². The minimum absolute atomic E-state index is 0. The number of hydrogen-bond acceptors (Lipinski definition) is 25. The first-order valence-corrected chi connectivity index (χ1v) is 42.3. The van der Waals surface area contributed by atoms with Crippen LogP contribution in [0, 0.1) is 0 Å². The summed E-state index contributed by atoms with van der Waals surface area (Å²) in [4.78, 5) is 121. The Balaban J connectivity index is 0.000000222. The monoisotopic (exact) mass is 1810 g/mol. The molecule has 3 unspecified atom stereocenters. The number of anilines is 4. The number of carboxylic acid groups (broad SMARTS) is 2. The molecule has 0 bridgehead atoms. The van der Waals surface area contributed by atoms with E-state index in [0.717, 1.165) is 81.5 Å². The first kappa shape index (κ1) is 103. The number of isocyanates is 1. The predicted molar refractivity (Wildman–Crippen MR) is 503 cm³/mol. The van der Waals surface area contributed by atoms with Crippen LogP contribution in [0.3, 0.4) is 0 Å². The fourth-order valence-corrected chi connectivity index (χ4v) is 15.1. The summed E-state index contributed by atoms with van der Waals surface area (Å²) in [7, 11) is 6.54. The van der Waals surface area contributed by atoms with E-state index in [1.165, 1.54) is 142 Å². The number of nitrogen functional groups attached to an aromatic ring is 2. The lowest BCUT2D eigenvalue weighted by molar-refractivity contribution is 0.0463. The van der Waals surface area contributed by atoms with Gasteiger partial charge in [-0.05, 0) is 229 Å². The molecule has 3 atom stereocenters. The van der Waals surface area contributed by atoms with Crippen molar-refractivity contribution in [3.8, 4) is 17.2 Å². The topological polar surface area (TPSA) is 406 Å². The molecule has 31 heteroatoms. The molecular weight excluding hydrogens is 1700 g/mol. The number of pyridine rings is 5. The quantitative estimate of drug-likeness (QED) is 0.0143. The Kier molecular flexibility index (Phi) is 42.2. The van der Waals surface area contributed by atoms with Gasteiger partial charge >= 0.3 is 42.0 Å². The number of phenols is 1. The van der Waals surface area contributed by atoms with E-state index in [4.69, 9.17) is 45.4 Å². The third kappa shape index (κ3) is 33.1. The van der Waals surface area contributed by atoms with Crippen LogP contribution in [0.2, 0.25) is 0 Å². The second-order valence-electron chi connectivity index (χ2n) is 31.3. The maximum absolute atomic E-state index is 12.5. The zero-order valence-electron chi connectivity index (χ0n) is 73.7. The number of ether oxygens (including phenoxy) is 5. The van der Waals surface area contributed by atoms with Gasteiger partial charge in [-0.2, -0.15) is 0 Å². The minimum atomic E-state index is -1.07. The number of aromatic hydroxyl groups is 1. The molecule has 684 valence electrons. The number of aromatic nitrogens is 5. The number of likely N-dealkylation sites (tertiary alicyclic amines) is 3. The first-order valence-electron chi connectivity index (χ1n) is 42.3. The number of phenolic OH excluding ortho intramolecular Hbond substituents is 1. The van der Waals surface area contributed by atoms with Gasteiger partial charge in [-0.1, -0.05) is 167 Å². The van der Waals surface area contributed by atoms with Crippen molar-refractivity contribution in [2.45, 2.75) is 134 Å². The number of carbonyl (C=O) groups excluding carboxylic acids is 6. The number of hydrogen-bond donors (Lipinski definition) is 7. The van der Waals surface area contributed by atoms with E-state index in [1.807, 2.05) is 127 Å². The zero-order valence-corrected chi connectivity index (χ0v) is 75.4. The fourth-order valence-electron chi connectivity index (χ4n) is 15.1. The molecule has 3 aliphatic rings. The molecule has 3 aliphatic heterocycles. The number of benzene rings is 6. The summed E-state index contributed by atoms with van der Waals surface area (Å²) in [6, 6.07) is 66.6. The molecule has 5 aromatic heterocycles. The second-order valence-corrected chi connectivity index (χ2v) is 31.3. The summed E-state index contributed by atoms with van der Waals surface area (Å²) in [6.07, 6.45) is 20.6. The molecule has 11 aromatic rings. The number of nitrogens with zero attached hydrogens (tertiary/aromatic N) is 9. The van der Waals surface area contributed by atoms with Gasteiger partial charge in [0.25, 0.3) is 0 Å². The number of carboxylic acids is 2. The number of carbonyl (C=O) groups is 7. The summed E-state index contributed by atoms with van der Waals surface area (Å²) >= 11 is 0. The van der Waals surface area contributed by atoms with Crippen LogP contribution in [0.1, 0.15) is 183 Å².